The van der Waals surface area contributed by atoms with Gasteiger partial charge in [0.2, 0.25) is 0 Å². The zero-order valence-corrected chi connectivity index (χ0v) is 11.4. The van der Waals surface area contributed by atoms with E-state index in [2.05, 4.69) is 29.0 Å². The van der Waals surface area contributed by atoms with Crippen molar-refractivity contribution in [1.82, 2.24) is 9.97 Å². The molecule has 0 aliphatic heterocycles. The summed E-state index contributed by atoms with van der Waals surface area (Å²) in [5, 5.41) is 10.1. The number of aryl methyl sites for hydroxylation is 2. The maximum atomic E-state index is 10.1. The molecule has 0 bridgehead atoms. The van der Waals surface area contributed by atoms with E-state index < -0.39 is 6.10 Å². The standard InChI is InChI=1S/C15H20N2O/c1-9(2)14(18)13-11(4)16-15(17-13)12-7-5-6-10(3)8-12/h5-9,14,18H,1-4H3,(H,16,17). The number of hydrogen-bond acceptors (Lipinski definition) is 2. The SMILES string of the molecule is Cc1cccc(-c2nc(C(O)C(C)C)c(C)[nH]2)c1. The van der Waals surface area contributed by atoms with Crippen LogP contribution in [0.1, 0.15) is 36.9 Å². The molecule has 0 saturated heterocycles. The molecule has 1 aromatic heterocycles. The van der Waals surface area contributed by atoms with Gasteiger partial charge in [-0.15, -0.1) is 0 Å². The van der Waals surface area contributed by atoms with Gasteiger partial charge in [-0.05, 0) is 25.8 Å². The second kappa shape index (κ2) is 4.94. The topological polar surface area (TPSA) is 48.9 Å². The Morgan fingerprint density at radius 3 is 2.56 bits per heavy atom. The summed E-state index contributed by atoms with van der Waals surface area (Å²) in [6.07, 6.45) is -0.514. The molecule has 3 nitrogen and oxygen atoms in total. The van der Waals surface area contributed by atoms with E-state index in [4.69, 9.17) is 0 Å². The van der Waals surface area contributed by atoms with Gasteiger partial charge in [0.15, 0.2) is 0 Å². The van der Waals surface area contributed by atoms with Gasteiger partial charge in [0, 0.05) is 11.3 Å². The number of aliphatic hydroxyl groups excluding tert-OH is 1. The number of aromatic nitrogens is 2. The number of rotatable bonds is 3. The highest BCUT2D eigenvalue weighted by atomic mass is 16.3. The highest BCUT2D eigenvalue weighted by Gasteiger charge is 2.19. The number of imidazole rings is 1. The van der Waals surface area contributed by atoms with Gasteiger partial charge in [-0.1, -0.05) is 37.6 Å². The van der Waals surface area contributed by atoms with Crippen LogP contribution in [-0.2, 0) is 0 Å². The van der Waals surface area contributed by atoms with Gasteiger partial charge in [-0.2, -0.15) is 0 Å². The molecule has 1 heterocycles. The highest BCUT2D eigenvalue weighted by Crippen LogP contribution is 2.26. The quantitative estimate of drug-likeness (QED) is 0.869. The van der Waals surface area contributed by atoms with Crippen molar-refractivity contribution in [2.75, 3.05) is 0 Å². The Kier molecular flexibility index (Phi) is 3.53. The lowest BCUT2D eigenvalue weighted by Crippen LogP contribution is -2.07. The first-order chi connectivity index (χ1) is 8.49. The molecule has 1 atom stereocenters. The Balaban J connectivity index is 2.40. The lowest BCUT2D eigenvalue weighted by Gasteiger charge is -2.12. The average molecular weight is 244 g/mol. The maximum absolute atomic E-state index is 10.1. The van der Waals surface area contributed by atoms with Gasteiger partial charge in [-0.3, -0.25) is 0 Å². The number of hydrogen-bond donors (Lipinski definition) is 2. The molecule has 0 aliphatic rings. The molecular weight excluding hydrogens is 224 g/mol. The summed E-state index contributed by atoms with van der Waals surface area (Å²) in [5.74, 6) is 0.989. The second-order valence-electron chi connectivity index (χ2n) is 5.15. The van der Waals surface area contributed by atoms with E-state index in [1.54, 1.807) is 0 Å². The Bertz CT molecular complexity index is 543. The largest absolute Gasteiger partial charge is 0.386 e. The van der Waals surface area contributed by atoms with Gasteiger partial charge < -0.3 is 10.1 Å². The minimum Gasteiger partial charge on any atom is -0.386 e. The van der Waals surface area contributed by atoms with E-state index >= 15 is 0 Å². The Labute approximate surface area is 108 Å². The number of aromatic amines is 1. The summed E-state index contributed by atoms with van der Waals surface area (Å²) in [6, 6.07) is 8.19. The smallest absolute Gasteiger partial charge is 0.137 e. The van der Waals surface area contributed by atoms with Crippen LogP contribution in [0.5, 0.6) is 0 Å². The molecule has 18 heavy (non-hydrogen) atoms. The Morgan fingerprint density at radius 2 is 1.94 bits per heavy atom. The predicted octanol–water partition coefficient (Wildman–Crippen LogP) is 3.38. The van der Waals surface area contributed by atoms with E-state index in [-0.39, 0.29) is 5.92 Å². The third-order valence-corrected chi connectivity index (χ3v) is 3.13. The van der Waals surface area contributed by atoms with E-state index in [1.807, 2.05) is 32.9 Å². The van der Waals surface area contributed by atoms with E-state index in [1.165, 1.54) is 5.56 Å². The fourth-order valence-electron chi connectivity index (χ4n) is 2.01. The van der Waals surface area contributed by atoms with Crippen LogP contribution in [0.25, 0.3) is 11.4 Å². The van der Waals surface area contributed by atoms with E-state index in [0.717, 1.165) is 22.8 Å². The van der Waals surface area contributed by atoms with Crippen LogP contribution < -0.4 is 0 Å². The van der Waals surface area contributed by atoms with Crippen molar-refractivity contribution < 1.29 is 5.11 Å². The molecule has 0 fully saturated rings. The minimum atomic E-state index is -0.514. The second-order valence-corrected chi connectivity index (χ2v) is 5.15. The summed E-state index contributed by atoms with van der Waals surface area (Å²) >= 11 is 0. The van der Waals surface area contributed by atoms with Crippen LogP contribution in [0.3, 0.4) is 0 Å². The molecule has 0 amide bonds. The molecule has 2 rings (SSSR count). The average Bonchev–Trinajstić information content (AvgIpc) is 2.70. The first-order valence-corrected chi connectivity index (χ1v) is 6.30. The van der Waals surface area contributed by atoms with Crippen molar-refractivity contribution in [2.45, 2.75) is 33.8 Å². The zero-order valence-electron chi connectivity index (χ0n) is 11.4. The highest BCUT2D eigenvalue weighted by molar-refractivity contribution is 5.57. The van der Waals surface area contributed by atoms with Crippen LogP contribution in [0.15, 0.2) is 24.3 Å². The summed E-state index contributed by atoms with van der Waals surface area (Å²) in [6.45, 7) is 7.99. The summed E-state index contributed by atoms with van der Waals surface area (Å²) in [4.78, 5) is 7.79. The Hall–Kier alpha value is -1.61. The fraction of sp³-hybridized carbons (Fsp3) is 0.400. The van der Waals surface area contributed by atoms with Crippen LogP contribution >= 0.6 is 0 Å². The van der Waals surface area contributed by atoms with Gasteiger partial charge in [0.1, 0.15) is 11.9 Å². The normalized spacial score (nSPS) is 13.0. The molecular formula is C15H20N2O. The molecule has 1 aromatic carbocycles. The maximum Gasteiger partial charge on any atom is 0.137 e. The number of nitrogens with one attached hydrogen (secondary N) is 1. The molecule has 96 valence electrons. The van der Waals surface area contributed by atoms with Crippen molar-refractivity contribution in [3.8, 4) is 11.4 Å². The number of benzene rings is 1. The fourth-order valence-corrected chi connectivity index (χ4v) is 2.01. The summed E-state index contributed by atoms with van der Waals surface area (Å²) in [5.41, 5.74) is 3.95. The van der Waals surface area contributed by atoms with Crippen molar-refractivity contribution in [3.63, 3.8) is 0 Å². The van der Waals surface area contributed by atoms with Gasteiger partial charge in [0.25, 0.3) is 0 Å². The number of aliphatic hydroxyl groups is 1. The van der Waals surface area contributed by atoms with Gasteiger partial charge in [0.05, 0.1) is 5.69 Å². The first-order valence-electron chi connectivity index (χ1n) is 6.30. The van der Waals surface area contributed by atoms with Crippen molar-refractivity contribution in [3.05, 3.63) is 41.2 Å². The molecule has 0 saturated carbocycles. The Morgan fingerprint density at radius 1 is 1.22 bits per heavy atom. The van der Waals surface area contributed by atoms with E-state index in [9.17, 15) is 5.11 Å². The summed E-state index contributed by atoms with van der Waals surface area (Å²) in [7, 11) is 0. The number of nitrogens with zero attached hydrogens (tertiary/aromatic N) is 1. The van der Waals surface area contributed by atoms with E-state index in [0.29, 0.717) is 0 Å². The monoisotopic (exact) mass is 244 g/mol. The van der Waals surface area contributed by atoms with Crippen molar-refractivity contribution in [2.24, 2.45) is 5.92 Å². The van der Waals surface area contributed by atoms with Crippen molar-refractivity contribution in [1.29, 1.82) is 0 Å². The van der Waals surface area contributed by atoms with Crippen LogP contribution in [-0.4, -0.2) is 15.1 Å². The van der Waals surface area contributed by atoms with Crippen LogP contribution in [0.4, 0.5) is 0 Å². The molecule has 0 radical (unpaired) electrons. The molecule has 2 N–H and O–H groups in total. The minimum absolute atomic E-state index is 0.164. The zero-order chi connectivity index (χ0) is 13.3. The van der Waals surface area contributed by atoms with Crippen molar-refractivity contribution >= 4 is 0 Å². The molecule has 0 spiro atoms. The lowest BCUT2D eigenvalue weighted by molar-refractivity contribution is 0.122. The molecule has 0 aliphatic carbocycles. The number of H-pyrrole nitrogens is 1. The van der Waals surface area contributed by atoms with Gasteiger partial charge in [-0.25, -0.2) is 4.98 Å². The van der Waals surface area contributed by atoms with Gasteiger partial charge >= 0.3 is 0 Å². The van der Waals surface area contributed by atoms with Crippen LogP contribution in [0.2, 0.25) is 0 Å². The first kappa shape index (κ1) is 12.8. The predicted molar refractivity (Wildman–Crippen MR) is 73.3 cm³/mol. The molecule has 2 aromatic rings. The third-order valence-electron chi connectivity index (χ3n) is 3.13. The lowest BCUT2D eigenvalue weighted by atomic mass is 10.0. The third kappa shape index (κ3) is 2.46. The molecule has 3 heteroatoms. The molecule has 1 unspecified atom stereocenters. The summed E-state index contributed by atoms with van der Waals surface area (Å²) < 4.78 is 0. The van der Waals surface area contributed by atoms with Crippen LogP contribution in [0, 0.1) is 19.8 Å².